The SMILES string of the molecule is CC(C)c1ccc2occ(CC(=O)Nc3nnc(SCc4ccccc4)s3)c2c1. The van der Waals surface area contributed by atoms with Crippen LogP contribution in [0.5, 0.6) is 0 Å². The Labute approximate surface area is 177 Å². The average Bonchev–Trinajstić information content (AvgIpc) is 3.33. The highest BCUT2D eigenvalue weighted by atomic mass is 32.2. The van der Waals surface area contributed by atoms with Crippen molar-refractivity contribution in [3.63, 3.8) is 0 Å². The predicted octanol–water partition coefficient (Wildman–Crippen LogP) is 5.88. The molecule has 0 aliphatic rings. The molecule has 0 spiro atoms. The summed E-state index contributed by atoms with van der Waals surface area (Å²) >= 11 is 3.00. The predicted molar refractivity (Wildman–Crippen MR) is 119 cm³/mol. The minimum atomic E-state index is -0.126. The van der Waals surface area contributed by atoms with E-state index in [0.717, 1.165) is 26.6 Å². The minimum absolute atomic E-state index is 0.126. The third-order valence-electron chi connectivity index (χ3n) is 4.55. The first kappa shape index (κ1) is 19.7. The number of anilines is 1. The second kappa shape index (κ2) is 8.80. The van der Waals surface area contributed by atoms with Crippen LogP contribution in [-0.4, -0.2) is 16.1 Å². The molecule has 7 heteroatoms. The van der Waals surface area contributed by atoms with Gasteiger partial charge in [0.1, 0.15) is 5.58 Å². The summed E-state index contributed by atoms with van der Waals surface area (Å²) in [4.78, 5) is 12.5. The number of rotatable bonds is 7. The van der Waals surface area contributed by atoms with Crippen LogP contribution in [0.15, 0.2) is 63.6 Å². The molecule has 29 heavy (non-hydrogen) atoms. The van der Waals surface area contributed by atoms with Crippen molar-refractivity contribution in [3.05, 3.63) is 71.5 Å². The Hall–Kier alpha value is -2.64. The quantitative estimate of drug-likeness (QED) is 0.297. The normalized spacial score (nSPS) is 11.3. The Morgan fingerprint density at radius 1 is 1.17 bits per heavy atom. The second-order valence-electron chi connectivity index (χ2n) is 7.04. The molecule has 2 aromatic carbocycles. The average molecular weight is 424 g/mol. The standard InChI is InChI=1S/C22H21N3O2S2/c1-14(2)16-8-9-19-18(10-16)17(12-27-19)11-20(26)23-21-24-25-22(29-21)28-13-15-6-4-3-5-7-15/h3-10,12,14H,11,13H2,1-2H3,(H,23,24,26). The highest BCUT2D eigenvalue weighted by Crippen LogP contribution is 2.29. The molecule has 0 aliphatic heterocycles. The zero-order valence-corrected chi connectivity index (χ0v) is 17.8. The van der Waals surface area contributed by atoms with Crippen LogP contribution in [0.1, 0.15) is 36.5 Å². The zero-order chi connectivity index (χ0) is 20.2. The number of carbonyl (C=O) groups is 1. The molecular formula is C22H21N3O2S2. The van der Waals surface area contributed by atoms with Gasteiger partial charge < -0.3 is 9.73 Å². The van der Waals surface area contributed by atoms with Crippen LogP contribution < -0.4 is 5.32 Å². The van der Waals surface area contributed by atoms with Crippen molar-refractivity contribution in [2.24, 2.45) is 0 Å². The van der Waals surface area contributed by atoms with Gasteiger partial charge in [-0.2, -0.15) is 0 Å². The van der Waals surface area contributed by atoms with Gasteiger partial charge in [-0.3, -0.25) is 4.79 Å². The minimum Gasteiger partial charge on any atom is -0.464 e. The lowest BCUT2D eigenvalue weighted by Crippen LogP contribution is -2.14. The van der Waals surface area contributed by atoms with Crippen LogP contribution in [0.3, 0.4) is 0 Å². The number of hydrogen-bond donors (Lipinski definition) is 1. The summed E-state index contributed by atoms with van der Waals surface area (Å²) in [6.07, 6.45) is 1.90. The number of aromatic nitrogens is 2. The summed E-state index contributed by atoms with van der Waals surface area (Å²) in [6, 6.07) is 16.3. The van der Waals surface area contributed by atoms with Crippen molar-refractivity contribution in [1.29, 1.82) is 0 Å². The van der Waals surface area contributed by atoms with Gasteiger partial charge in [-0.1, -0.05) is 73.3 Å². The van der Waals surface area contributed by atoms with Gasteiger partial charge in [0, 0.05) is 16.7 Å². The molecule has 4 rings (SSSR count). The largest absolute Gasteiger partial charge is 0.464 e. The van der Waals surface area contributed by atoms with Crippen molar-refractivity contribution in [2.45, 2.75) is 36.3 Å². The number of nitrogens with one attached hydrogen (secondary N) is 1. The van der Waals surface area contributed by atoms with Crippen LogP contribution in [0.2, 0.25) is 0 Å². The number of thioether (sulfide) groups is 1. The van der Waals surface area contributed by atoms with Crippen LogP contribution in [0, 0.1) is 0 Å². The molecule has 5 nitrogen and oxygen atoms in total. The fourth-order valence-corrected chi connectivity index (χ4v) is 4.69. The van der Waals surface area contributed by atoms with Crippen molar-refractivity contribution in [3.8, 4) is 0 Å². The van der Waals surface area contributed by atoms with E-state index in [1.165, 1.54) is 22.5 Å². The highest BCUT2D eigenvalue weighted by Gasteiger charge is 2.14. The van der Waals surface area contributed by atoms with Gasteiger partial charge in [-0.05, 0) is 29.2 Å². The van der Waals surface area contributed by atoms with Gasteiger partial charge in [-0.25, -0.2) is 0 Å². The molecule has 0 radical (unpaired) electrons. The molecule has 0 aliphatic carbocycles. The Kier molecular flexibility index (Phi) is 5.97. The maximum atomic E-state index is 12.5. The lowest BCUT2D eigenvalue weighted by molar-refractivity contribution is -0.115. The summed E-state index contributed by atoms with van der Waals surface area (Å²) in [6.45, 7) is 4.30. The maximum Gasteiger partial charge on any atom is 0.230 e. The van der Waals surface area contributed by atoms with E-state index in [-0.39, 0.29) is 12.3 Å². The molecule has 0 bridgehead atoms. The molecular weight excluding hydrogens is 402 g/mol. The van der Waals surface area contributed by atoms with Gasteiger partial charge in [0.15, 0.2) is 4.34 Å². The van der Waals surface area contributed by atoms with E-state index in [2.05, 4.69) is 53.6 Å². The fraction of sp³-hybridized carbons (Fsp3) is 0.227. The van der Waals surface area contributed by atoms with Gasteiger partial charge in [0.2, 0.25) is 11.0 Å². The number of benzene rings is 2. The van der Waals surface area contributed by atoms with Crippen molar-refractivity contribution < 1.29 is 9.21 Å². The lowest BCUT2D eigenvalue weighted by atomic mass is 10.00. The second-order valence-corrected chi connectivity index (χ2v) is 9.24. The number of fused-ring (bicyclic) bond motifs is 1. The fourth-order valence-electron chi connectivity index (χ4n) is 2.97. The lowest BCUT2D eigenvalue weighted by Gasteiger charge is -2.05. The Morgan fingerprint density at radius 3 is 2.79 bits per heavy atom. The number of furan rings is 1. The smallest absolute Gasteiger partial charge is 0.230 e. The molecule has 0 saturated heterocycles. The highest BCUT2D eigenvalue weighted by molar-refractivity contribution is 8.00. The summed E-state index contributed by atoms with van der Waals surface area (Å²) in [7, 11) is 0. The summed E-state index contributed by atoms with van der Waals surface area (Å²) < 4.78 is 6.44. The first-order valence-electron chi connectivity index (χ1n) is 9.38. The molecule has 0 atom stereocenters. The molecule has 148 valence electrons. The Balaban J connectivity index is 1.38. The molecule has 1 N–H and O–H groups in total. The number of carbonyl (C=O) groups excluding carboxylic acids is 1. The van der Waals surface area contributed by atoms with E-state index in [0.29, 0.717) is 11.0 Å². The topological polar surface area (TPSA) is 68.0 Å². The number of hydrogen-bond acceptors (Lipinski definition) is 6. The van der Waals surface area contributed by atoms with Crippen LogP contribution in [-0.2, 0) is 17.0 Å². The summed E-state index contributed by atoms with van der Waals surface area (Å²) in [5.74, 6) is 1.12. The zero-order valence-electron chi connectivity index (χ0n) is 16.2. The van der Waals surface area contributed by atoms with Crippen LogP contribution >= 0.6 is 23.1 Å². The van der Waals surface area contributed by atoms with E-state index in [4.69, 9.17) is 4.42 Å². The van der Waals surface area contributed by atoms with E-state index in [1.807, 2.05) is 24.3 Å². The van der Waals surface area contributed by atoms with Crippen molar-refractivity contribution >= 4 is 45.1 Å². The summed E-state index contributed by atoms with van der Waals surface area (Å²) in [5.41, 5.74) is 4.13. The summed E-state index contributed by atoms with van der Waals surface area (Å²) in [5, 5.41) is 12.6. The Bertz CT molecular complexity index is 1120. The van der Waals surface area contributed by atoms with E-state index in [9.17, 15) is 4.79 Å². The van der Waals surface area contributed by atoms with Crippen LogP contribution in [0.4, 0.5) is 5.13 Å². The number of nitrogens with zero attached hydrogens (tertiary/aromatic N) is 2. The van der Waals surface area contributed by atoms with Gasteiger partial charge in [0.25, 0.3) is 0 Å². The van der Waals surface area contributed by atoms with E-state index in [1.54, 1.807) is 18.0 Å². The van der Waals surface area contributed by atoms with Crippen molar-refractivity contribution in [2.75, 3.05) is 5.32 Å². The molecule has 1 amide bonds. The van der Waals surface area contributed by atoms with Gasteiger partial charge in [-0.15, -0.1) is 10.2 Å². The van der Waals surface area contributed by atoms with E-state index < -0.39 is 0 Å². The molecule has 0 fully saturated rings. The first-order valence-corrected chi connectivity index (χ1v) is 11.2. The third-order valence-corrected chi connectivity index (χ3v) is 6.60. The van der Waals surface area contributed by atoms with Crippen LogP contribution in [0.25, 0.3) is 11.0 Å². The first-order chi connectivity index (χ1) is 14.1. The van der Waals surface area contributed by atoms with Gasteiger partial charge >= 0.3 is 0 Å². The molecule has 0 unspecified atom stereocenters. The molecule has 4 aromatic rings. The maximum absolute atomic E-state index is 12.5. The monoisotopic (exact) mass is 423 g/mol. The molecule has 2 aromatic heterocycles. The Morgan fingerprint density at radius 2 is 2.00 bits per heavy atom. The van der Waals surface area contributed by atoms with Crippen molar-refractivity contribution in [1.82, 2.24) is 10.2 Å². The number of amides is 1. The third kappa shape index (κ3) is 4.86. The van der Waals surface area contributed by atoms with Gasteiger partial charge in [0.05, 0.1) is 12.7 Å². The molecule has 0 saturated carbocycles. The molecule has 2 heterocycles. The van der Waals surface area contributed by atoms with E-state index >= 15 is 0 Å².